The van der Waals surface area contributed by atoms with Crippen molar-refractivity contribution in [1.82, 2.24) is 0 Å². The average Bonchev–Trinajstić information content (AvgIpc) is 2.45. The van der Waals surface area contributed by atoms with Gasteiger partial charge in [0.1, 0.15) is 6.10 Å². The number of unbranched alkanes of at least 4 members (excludes halogenated alkanes) is 2. The number of hydrogen-bond donors (Lipinski definition) is 2. The number of ether oxygens (including phenoxy) is 2. The molecule has 0 aromatic heterocycles. The van der Waals surface area contributed by atoms with Gasteiger partial charge in [-0.05, 0) is 39.5 Å². The Bertz CT molecular complexity index is 316. The zero-order chi connectivity index (χ0) is 17.0. The van der Waals surface area contributed by atoms with Crippen LogP contribution in [0.3, 0.4) is 0 Å². The van der Waals surface area contributed by atoms with Gasteiger partial charge in [0, 0.05) is 12.8 Å². The molecule has 2 N–H and O–H groups in total. The topological polar surface area (TPSA) is 93.1 Å². The van der Waals surface area contributed by atoms with E-state index < -0.39 is 12.1 Å². The van der Waals surface area contributed by atoms with Gasteiger partial charge in [-0.15, -0.1) is 0 Å². The fraction of sp³-hybridized carbons (Fsp3) is 0.875. The lowest BCUT2D eigenvalue weighted by Gasteiger charge is -2.25. The number of carboxylic acid groups (broad SMARTS) is 1. The van der Waals surface area contributed by atoms with Crippen molar-refractivity contribution in [3.8, 4) is 0 Å². The van der Waals surface area contributed by atoms with Gasteiger partial charge >= 0.3 is 11.9 Å². The zero-order valence-electron chi connectivity index (χ0n) is 13.9. The molecular formula is C16H30O6. The van der Waals surface area contributed by atoms with Crippen LogP contribution < -0.4 is 0 Å². The quantitative estimate of drug-likeness (QED) is 0.400. The predicted octanol–water partition coefficient (Wildman–Crippen LogP) is 2.52. The van der Waals surface area contributed by atoms with Crippen LogP contribution in [0, 0.1) is 0 Å². The Hall–Kier alpha value is -1.14. The zero-order valence-corrected chi connectivity index (χ0v) is 13.9. The molecule has 0 spiro atoms. The molecule has 0 aliphatic heterocycles. The van der Waals surface area contributed by atoms with Gasteiger partial charge in [-0.3, -0.25) is 9.59 Å². The van der Waals surface area contributed by atoms with Crippen LogP contribution >= 0.6 is 0 Å². The summed E-state index contributed by atoms with van der Waals surface area (Å²) in [5.74, 6) is -1.17. The van der Waals surface area contributed by atoms with Crippen molar-refractivity contribution in [2.45, 2.75) is 84.0 Å². The second kappa shape index (κ2) is 12.4. The Morgan fingerprint density at radius 1 is 1.09 bits per heavy atom. The number of rotatable bonds is 13. The average molecular weight is 318 g/mol. The van der Waals surface area contributed by atoms with Crippen molar-refractivity contribution in [3.63, 3.8) is 0 Å². The van der Waals surface area contributed by atoms with Crippen molar-refractivity contribution in [2.24, 2.45) is 0 Å². The largest absolute Gasteiger partial charge is 0.481 e. The van der Waals surface area contributed by atoms with E-state index in [1.165, 1.54) is 0 Å². The smallest absolute Gasteiger partial charge is 0.306 e. The van der Waals surface area contributed by atoms with Crippen molar-refractivity contribution in [2.75, 3.05) is 6.61 Å². The van der Waals surface area contributed by atoms with E-state index in [4.69, 9.17) is 14.6 Å². The van der Waals surface area contributed by atoms with Gasteiger partial charge in [0.25, 0.3) is 0 Å². The second-order valence-corrected chi connectivity index (χ2v) is 5.66. The molecule has 0 aromatic rings. The Morgan fingerprint density at radius 3 is 2.27 bits per heavy atom. The molecular weight excluding hydrogens is 288 g/mol. The molecule has 0 bridgehead atoms. The molecule has 0 aliphatic carbocycles. The molecule has 3 atom stereocenters. The third-order valence-electron chi connectivity index (χ3n) is 3.27. The van der Waals surface area contributed by atoms with Crippen LogP contribution in [-0.4, -0.2) is 47.1 Å². The van der Waals surface area contributed by atoms with Crippen LogP contribution in [0.4, 0.5) is 0 Å². The first-order valence-electron chi connectivity index (χ1n) is 8.07. The second-order valence-electron chi connectivity index (χ2n) is 5.66. The molecule has 130 valence electrons. The van der Waals surface area contributed by atoms with E-state index in [1.54, 1.807) is 6.92 Å². The Balaban J connectivity index is 4.19. The van der Waals surface area contributed by atoms with Crippen LogP contribution in [0.15, 0.2) is 0 Å². The molecule has 0 rings (SSSR count). The lowest BCUT2D eigenvalue weighted by atomic mass is 10.1. The Kier molecular flexibility index (Phi) is 11.8. The first kappa shape index (κ1) is 20.9. The van der Waals surface area contributed by atoms with E-state index in [-0.39, 0.29) is 37.6 Å². The van der Waals surface area contributed by atoms with Crippen LogP contribution in [0.1, 0.15) is 65.7 Å². The van der Waals surface area contributed by atoms with Crippen molar-refractivity contribution in [1.29, 1.82) is 0 Å². The molecule has 6 heteroatoms. The number of esters is 1. The standard InChI is InChI=1S/C16H30O6/c1-4-5-8-14(13(3)21-11-12(2)17)22-16(20)10-7-6-9-15(18)19/h12-14,17H,4-11H2,1-3H3,(H,18,19). The molecule has 3 unspecified atom stereocenters. The lowest BCUT2D eigenvalue weighted by molar-refractivity contribution is -0.159. The van der Waals surface area contributed by atoms with E-state index in [1.807, 2.05) is 6.92 Å². The number of carbonyl (C=O) groups is 2. The van der Waals surface area contributed by atoms with Gasteiger partial charge in [0.05, 0.1) is 18.8 Å². The first-order valence-corrected chi connectivity index (χ1v) is 8.07. The van der Waals surface area contributed by atoms with Crippen molar-refractivity contribution >= 4 is 11.9 Å². The van der Waals surface area contributed by atoms with Crippen LogP contribution in [-0.2, 0) is 19.1 Å². The third kappa shape index (κ3) is 11.5. The number of carboxylic acids is 1. The van der Waals surface area contributed by atoms with Gasteiger partial charge < -0.3 is 19.7 Å². The van der Waals surface area contributed by atoms with Crippen LogP contribution in [0.2, 0.25) is 0 Å². The van der Waals surface area contributed by atoms with Gasteiger partial charge in [0.2, 0.25) is 0 Å². The van der Waals surface area contributed by atoms with Gasteiger partial charge in [-0.1, -0.05) is 13.3 Å². The molecule has 0 fully saturated rings. The SMILES string of the molecule is CCCCC(OC(=O)CCCCC(=O)O)C(C)OCC(C)O. The van der Waals surface area contributed by atoms with Gasteiger partial charge in [0.15, 0.2) is 0 Å². The van der Waals surface area contributed by atoms with Gasteiger partial charge in [-0.25, -0.2) is 0 Å². The van der Waals surface area contributed by atoms with Crippen LogP contribution in [0.25, 0.3) is 0 Å². The summed E-state index contributed by atoms with van der Waals surface area (Å²) in [6.45, 7) is 5.74. The normalized spacial score (nSPS) is 15.1. The van der Waals surface area contributed by atoms with E-state index in [2.05, 4.69) is 6.92 Å². The number of aliphatic hydroxyl groups excluding tert-OH is 1. The summed E-state index contributed by atoms with van der Waals surface area (Å²) in [6.07, 6.45) is 2.76. The molecule has 0 saturated heterocycles. The van der Waals surface area contributed by atoms with E-state index >= 15 is 0 Å². The van der Waals surface area contributed by atoms with E-state index in [9.17, 15) is 14.7 Å². The summed E-state index contributed by atoms with van der Waals surface area (Å²) in [5.41, 5.74) is 0. The highest BCUT2D eigenvalue weighted by molar-refractivity contribution is 5.70. The van der Waals surface area contributed by atoms with Crippen molar-refractivity contribution < 1.29 is 29.3 Å². The summed E-state index contributed by atoms with van der Waals surface area (Å²) >= 11 is 0. The molecule has 0 amide bonds. The maximum absolute atomic E-state index is 11.8. The molecule has 0 saturated carbocycles. The first-order chi connectivity index (χ1) is 10.4. The monoisotopic (exact) mass is 318 g/mol. The maximum atomic E-state index is 11.8. The van der Waals surface area contributed by atoms with Crippen molar-refractivity contribution in [3.05, 3.63) is 0 Å². The highest BCUT2D eigenvalue weighted by Crippen LogP contribution is 2.14. The highest BCUT2D eigenvalue weighted by atomic mass is 16.6. The Labute approximate surface area is 132 Å². The fourth-order valence-corrected chi connectivity index (χ4v) is 1.97. The van der Waals surface area contributed by atoms with Crippen LogP contribution in [0.5, 0.6) is 0 Å². The molecule has 0 aliphatic rings. The summed E-state index contributed by atoms with van der Waals surface area (Å²) in [5, 5.41) is 17.8. The summed E-state index contributed by atoms with van der Waals surface area (Å²) < 4.78 is 11.0. The number of aliphatic hydroxyl groups is 1. The minimum atomic E-state index is -0.852. The number of aliphatic carboxylic acids is 1. The van der Waals surface area contributed by atoms with E-state index in [0.717, 1.165) is 19.3 Å². The predicted molar refractivity (Wildman–Crippen MR) is 82.6 cm³/mol. The number of hydrogen-bond acceptors (Lipinski definition) is 5. The number of carbonyl (C=O) groups excluding carboxylic acids is 1. The lowest BCUT2D eigenvalue weighted by Crippen LogP contribution is -2.33. The minimum Gasteiger partial charge on any atom is -0.481 e. The summed E-state index contributed by atoms with van der Waals surface area (Å²) in [7, 11) is 0. The molecule has 0 heterocycles. The summed E-state index contributed by atoms with van der Waals surface area (Å²) in [4.78, 5) is 22.2. The summed E-state index contributed by atoms with van der Waals surface area (Å²) in [6, 6.07) is 0. The third-order valence-corrected chi connectivity index (χ3v) is 3.27. The highest BCUT2D eigenvalue weighted by Gasteiger charge is 2.22. The molecule has 0 radical (unpaired) electrons. The Morgan fingerprint density at radius 2 is 1.73 bits per heavy atom. The molecule has 6 nitrogen and oxygen atoms in total. The maximum Gasteiger partial charge on any atom is 0.306 e. The molecule has 0 aromatic carbocycles. The fourth-order valence-electron chi connectivity index (χ4n) is 1.97. The van der Waals surface area contributed by atoms with E-state index in [0.29, 0.717) is 12.8 Å². The van der Waals surface area contributed by atoms with Gasteiger partial charge in [-0.2, -0.15) is 0 Å². The molecule has 22 heavy (non-hydrogen) atoms. The minimum absolute atomic E-state index is 0.0699.